The second kappa shape index (κ2) is 6.64. The summed E-state index contributed by atoms with van der Waals surface area (Å²) in [5.41, 5.74) is 5.90. The molecule has 0 saturated carbocycles. The summed E-state index contributed by atoms with van der Waals surface area (Å²) in [6.07, 6.45) is -0.674. The van der Waals surface area contributed by atoms with Crippen LogP contribution in [0.5, 0.6) is 5.75 Å². The molecule has 23 heavy (non-hydrogen) atoms. The van der Waals surface area contributed by atoms with Gasteiger partial charge in [-0.05, 0) is 23.3 Å². The van der Waals surface area contributed by atoms with Crippen LogP contribution in [-0.4, -0.2) is 16.6 Å². The number of fused-ring (bicyclic) bond motifs is 1. The minimum atomic E-state index is -0.674. The Labute approximate surface area is 133 Å². The molecule has 0 fully saturated rings. The third-order valence-corrected chi connectivity index (χ3v) is 3.76. The number of benzene rings is 2. The number of aromatic nitrogens is 1. The first-order chi connectivity index (χ1) is 11.2. The second-order valence-electron chi connectivity index (χ2n) is 5.34. The Kier molecular flexibility index (Phi) is 4.41. The number of rotatable bonds is 5. The predicted molar refractivity (Wildman–Crippen MR) is 88.1 cm³/mol. The first-order valence-electron chi connectivity index (χ1n) is 7.49. The van der Waals surface area contributed by atoms with Gasteiger partial charge in [0.1, 0.15) is 25.0 Å². The van der Waals surface area contributed by atoms with Gasteiger partial charge in [-0.25, -0.2) is 0 Å². The van der Waals surface area contributed by atoms with Crippen LogP contribution in [0, 0.1) is 0 Å². The van der Waals surface area contributed by atoms with Gasteiger partial charge in [-0.3, -0.25) is 4.79 Å². The van der Waals surface area contributed by atoms with Gasteiger partial charge in [0.15, 0.2) is 0 Å². The molecule has 0 aliphatic rings. The van der Waals surface area contributed by atoms with Gasteiger partial charge < -0.3 is 20.6 Å². The Bertz CT molecular complexity index is 859. The van der Waals surface area contributed by atoms with Crippen molar-refractivity contribution < 1.29 is 15.6 Å². The van der Waals surface area contributed by atoms with E-state index in [0.29, 0.717) is 24.4 Å². The standard InChI is InChI=1S/C18H18N2O3/c19-10-15(21)13-6-8-16(18-14(13)7-9-17(22)20-18)23-11-12-4-2-1-3-5-12/h1-9,15,21H,10-11,19H2,(H,20,22)/p+1. The van der Waals surface area contributed by atoms with Gasteiger partial charge in [-0.15, -0.1) is 0 Å². The van der Waals surface area contributed by atoms with E-state index in [-0.39, 0.29) is 5.56 Å². The Hall–Kier alpha value is -2.63. The molecule has 5 N–H and O–H groups in total. The fourth-order valence-corrected chi connectivity index (χ4v) is 2.55. The number of pyridine rings is 1. The van der Waals surface area contributed by atoms with Crippen molar-refractivity contribution in [1.82, 2.24) is 4.98 Å². The van der Waals surface area contributed by atoms with Crippen LogP contribution in [0.4, 0.5) is 0 Å². The lowest BCUT2D eigenvalue weighted by atomic mass is 10.0. The highest BCUT2D eigenvalue weighted by Gasteiger charge is 2.14. The molecule has 1 aromatic heterocycles. The summed E-state index contributed by atoms with van der Waals surface area (Å²) >= 11 is 0. The number of nitrogens with one attached hydrogen (secondary N) is 1. The lowest BCUT2D eigenvalue weighted by Gasteiger charge is -2.14. The molecule has 0 amide bonds. The van der Waals surface area contributed by atoms with Crippen LogP contribution in [0.15, 0.2) is 59.4 Å². The fourth-order valence-electron chi connectivity index (χ4n) is 2.55. The van der Waals surface area contributed by atoms with Gasteiger partial charge in [-0.1, -0.05) is 36.4 Å². The van der Waals surface area contributed by atoms with Crippen LogP contribution in [0.2, 0.25) is 0 Å². The van der Waals surface area contributed by atoms with Crippen molar-refractivity contribution in [3.05, 3.63) is 76.1 Å². The van der Waals surface area contributed by atoms with Gasteiger partial charge in [0.25, 0.3) is 0 Å². The molecule has 0 aliphatic heterocycles. The quantitative estimate of drug-likeness (QED) is 0.665. The highest BCUT2D eigenvalue weighted by atomic mass is 16.5. The molecule has 118 valence electrons. The number of hydrogen-bond donors (Lipinski definition) is 3. The summed E-state index contributed by atoms with van der Waals surface area (Å²) in [7, 11) is 0. The van der Waals surface area contributed by atoms with E-state index >= 15 is 0 Å². The van der Waals surface area contributed by atoms with Crippen molar-refractivity contribution in [3.63, 3.8) is 0 Å². The molecule has 0 radical (unpaired) electrons. The summed E-state index contributed by atoms with van der Waals surface area (Å²) in [5.74, 6) is 0.585. The monoisotopic (exact) mass is 311 g/mol. The van der Waals surface area contributed by atoms with Crippen molar-refractivity contribution in [2.75, 3.05) is 6.54 Å². The second-order valence-corrected chi connectivity index (χ2v) is 5.34. The van der Waals surface area contributed by atoms with Gasteiger partial charge in [0, 0.05) is 11.5 Å². The first-order valence-corrected chi connectivity index (χ1v) is 7.49. The van der Waals surface area contributed by atoms with Gasteiger partial charge >= 0.3 is 0 Å². The van der Waals surface area contributed by atoms with Crippen LogP contribution < -0.4 is 16.0 Å². The molecule has 1 unspecified atom stereocenters. The van der Waals surface area contributed by atoms with Crippen LogP contribution in [-0.2, 0) is 6.61 Å². The number of H-pyrrole nitrogens is 1. The summed E-state index contributed by atoms with van der Waals surface area (Å²) in [6.45, 7) is 0.766. The maximum atomic E-state index is 11.7. The Morgan fingerprint density at radius 1 is 1.09 bits per heavy atom. The molecule has 2 aromatic carbocycles. The lowest BCUT2D eigenvalue weighted by molar-refractivity contribution is -0.385. The Morgan fingerprint density at radius 3 is 2.61 bits per heavy atom. The average Bonchev–Trinajstić information content (AvgIpc) is 2.59. The molecular formula is C18H19N2O3+. The molecule has 3 aromatic rings. The zero-order valence-electron chi connectivity index (χ0n) is 12.7. The molecule has 1 atom stereocenters. The molecule has 0 bridgehead atoms. The lowest BCUT2D eigenvalue weighted by Crippen LogP contribution is -2.52. The number of aliphatic hydroxyl groups excluding tert-OH is 1. The summed E-state index contributed by atoms with van der Waals surface area (Å²) < 4.78 is 5.86. The third kappa shape index (κ3) is 3.26. The zero-order valence-corrected chi connectivity index (χ0v) is 12.7. The minimum Gasteiger partial charge on any atom is -0.487 e. The van der Waals surface area contributed by atoms with Crippen molar-refractivity contribution in [2.24, 2.45) is 0 Å². The maximum Gasteiger partial charge on any atom is 0.248 e. The fraction of sp³-hybridized carbons (Fsp3) is 0.167. The van der Waals surface area contributed by atoms with E-state index in [2.05, 4.69) is 10.7 Å². The van der Waals surface area contributed by atoms with Crippen molar-refractivity contribution in [1.29, 1.82) is 0 Å². The van der Waals surface area contributed by atoms with E-state index in [0.717, 1.165) is 16.5 Å². The van der Waals surface area contributed by atoms with E-state index in [1.165, 1.54) is 6.07 Å². The van der Waals surface area contributed by atoms with Gasteiger partial charge in [0.05, 0.1) is 5.52 Å². The van der Waals surface area contributed by atoms with Crippen molar-refractivity contribution >= 4 is 10.9 Å². The number of quaternary nitrogens is 1. The van der Waals surface area contributed by atoms with Crippen LogP contribution in [0.3, 0.4) is 0 Å². The largest absolute Gasteiger partial charge is 0.487 e. The predicted octanol–water partition coefficient (Wildman–Crippen LogP) is 1.38. The Balaban J connectivity index is 2.00. The molecule has 0 spiro atoms. The third-order valence-electron chi connectivity index (χ3n) is 3.76. The van der Waals surface area contributed by atoms with E-state index in [4.69, 9.17) is 4.74 Å². The molecule has 0 aliphatic carbocycles. The van der Waals surface area contributed by atoms with Crippen LogP contribution >= 0.6 is 0 Å². The Morgan fingerprint density at radius 2 is 1.87 bits per heavy atom. The van der Waals surface area contributed by atoms with Crippen LogP contribution in [0.1, 0.15) is 17.2 Å². The highest BCUT2D eigenvalue weighted by molar-refractivity contribution is 5.87. The topological polar surface area (TPSA) is 90.0 Å². The molecule has 0 saturated heterocycles. The molecule has 5 nitrogen and oxygen atoms in total. The molecular weight excluding hydrogens is 292 g/mol. The number of aliphatic hydroxyl groups is 1. The normalized spacial score (nSPS) is 12.3. The van der Waals surface area contributed by atoms with Gasteiger partial charge in [-0.2, -0.15) is 0 Å². The van der Waals surface area contributed by atoms with E-state index in [1.54, 1.807) is 12.1 Å². The van der Waals surface area contributed by atoms with E-state index in [1.807, 2.05) is 36.4 Å². The van der Waals surface area contributed by atoms with E-state index in [9.17, 15) is 9.90 Å². The average molecular weight is 311 g/mol. The number of ether oxygens (including phenoxy) is 1. The summed E-state index contributed by atoms with van der Waals surface area (Å²) in [4.78, 5) is 14.5. The number of aromatic amines is 1. The summed E-state index contributed by atoms with van der Waals surface area (Å²) in [6, 6.07) is 16.5. The minimum absolute atomic E-state index is 0.205. The zero-order chi connectivity index (χ0) is 16.2. The van der Waals surface area contributed by atoms with Crippen molar-refractivity contribution in [2.45, 2.75) is 12.7 Å². The number of hydrogen-bond acceptors (Lipinski definition) is 3. The van der Waals surface area contributed by atoms with Crippen molar-refractivity contribution in [3.8, 4) is 5.75 Å². The summed E-state index contributed by atoms with van der Waals surface area (Å²) in [5, 5.41) is 10.9. The van der Waals surface area contributed by atoms with E-state index < -0.39 is 6.10 Å². The van der Waals surface area contributed by atoms with Gasteiger partial charge in [0.2, 0.25) is 5.56 Å². The highest BCUT2D eigenvalue weighted by Crippen LogP contribution is 2.29. The SMILES string of the molecule is [NH3+]CC(O)c1ccc(OCc2ccccc2)c2[nH]c(=O)ccc12. The van der Waals surface area contributed by atoms with Crippen LogP contribution in [0.25, 0.3) is 10.9 Å². The molecule has 5 heteroatoms. The smallest absolute Gasteiger partial charge is 0.248 e. The molecule has 3 rings (SSSR count). The maximum absolute atomic E-state index is 11.7. The molecule has 1 heterocycles. The first kappa shape index (κ1) is 15.3.